The van der Waals surface area contributed by atoms with E-state index < -0.39 is 37.8 Å². The molecule has 1 fully saturated rings. The van der Waals surface area contributed by atoms with Gasteiger partial charge in [0.25, 0.3) is 0 Å². The molecule has 1 aliphatic rings. The Bertz CT molecular complexity index is 892. The van der Waals surface area contributed by atoms with Gasteiger partial charge in [-0.3, -0.25) is 9.09 Å². The maximum atomic E-state index is 12.3. The molecule has 0 saturated carbocycles. The van der Waals surface area contributed by atoms with E-state index in [-0.39, 0.29) is 12.4 Å². The van der Waals surface area contributed by atoms with Gasteiger partial charge in [-0.25, -0.2) is 14.9 Å². The molecule has 2 heterocycles. The molecule has 1 saturated heterocycles. The molecule has 3 unspecified atom stereocenters. The van der Waals surface area contributed by atoms with E-state index in [1.807, 2.05) is 0 Å². The third-order valence-electron chi connectivity index (χ3n) is 4.20. The number of rotatable bonds is 6. The van der Waals surface area contributed by atoms with E-state index in [9.17, 15) is 14.5 Å². The molecule has 1 aliphatic heterocycles. The van der Waals surface area contributed by atoms with E-state index in [0.29, 0.717) is 5.75 Å². The Morgan fingerprint density at radius 1 is 1.33 bits per heavy atom. The number of hydrogen-bond donors (Lipinski definition) is 3. The van der Waals surface area contributed by atoms with Crippen LogP contribution in [0.25, 0.3) is 0 Å². The molecule has 27 heavy (non-hydrogen) atoms. The quantitative estimate of drug-likeness (QED) is 0.604. The van der Waals surface area contributed by atoms with Gasteiger partial charge in [0.1, 0.15) is 23.9 Å². The summed E-state index contributed by atoms with van der Waals surface area (Å²) in [6.45, 7) is 1.43. The minimum atomic E-state index is -3.91. The van der Waals surface area contributed by atoms with Crippen molar-refractivity contribution in [1.82, 2.24) is 9.55 Å². The second-order valence-corrected chi connectivity index (χ2v) is 7.72. The van der Waals surface area contributed by atoms with Crippen LogP contribution < -0.4 is 21.5 Å². The molecule has 5 N–H and O–H groups in total. The normalized spacial score (nSPS) is 27.2. The molecule has 5 atom stereocenters. The maximum absolute atomic E-state index is 12.3. The lowest BCUT2D eigenvalue weighted by Crippen LogP contribution is -2.31. The van der Waals surface area contributed by atoms with Crippen molar-refractivity contribution in [1.29, 1.82) is 0 Å². The van der Waals surface area contributed by atoms with Gasteiger partial charge in [0.2, 0.25) is 0 Å². The largest absolute Gasteiger partial charge is 0.456 e. The predicted octanol–water partition coefficient (Wildman–Crippen LogP) is 0.882. The number of aromatic nitrogens is 2. The molecule has 0 spiro atoms. The number of nitrogens with zero attached hydrogens (tertiary/aromatic N) is 2. The van der Waals surface area contributed by atoms with Crippen molar-refractivity contribution >= 4 is 13.6 Å². The highest BCUT2D eigenvalue weighted by Gasteiger charge is 2.43. The first-order chi connectivity index (χ1) is 12.8. The Kier molecular flexibility index (Phi) is 5.64. The van der Waals surface area contributed by atoms with Gasteiger partial charge >= 0.3 is 13.4 Å². The highest BCUT2D eigenvalue weighted by atomic mass is 31.2. The third kappa shape index (κ3) is 4.55. The minimum Gasteiger partial charge on any atom is -0.413 e. The molecular weight excluding hydrogens is 375 g/mol. The number of para-hydroxylation sites is 1. The minimum absolute atomic E-state index is 0.0875. The van der Waals surface area contributed by atoms with Crippen molar-refractivity contribution in [2.75, 3.05) is 12.3 Å². The summed E-state index contributed by atoms with van der Waals surface area (Å²) >= 11 is 0. The standard InChI is InChI=1S/C16H21N4O6P/c1-10-14(21)12(25-15(10)20-8-7-13(17)19-16(20)22)9-24-27(18,23)26-11-5-3-2-4-6-11/h2-8,10,12,14-15,21H,9H2,1H3,(H2,18,23)(H2,17,19,22)/t10-,12?,14-,15?,27?/m0/s1. The second kappa shape index (κ2) is 7.79. The van der Waals surface area contributed by atoms with E-state index in [1.54, 1.807) is 37.3 Å². The molecule has 1 aromatic carbocycles. The molecule has 3 rings (SSSR count). The summed E-state index contributed by atoms with van der Waals surface area (Å²) in [4.78, 5) is 15.6. The van der Waals surface area contributed by atoms with Gasteiger partial charge in [0.15, 0.2) is 0 Å². The third-order valence-corrected chi connectivity index (χ3v) is 5.18. The number of ether oxygens (including phenoxy) is 1. The number of hydrogen-bond acceptors (Lipinski definition) is 8. The first-order valence-corrected chi connectivity index (χ1v) is 9.84. The average molecular weight is 396 g/mol. The fraction of sp³-hybridized carbons (Fsp3) is 0.375. The fourth-order valence-corrected chi connectivity index (χ4v) is 3.62. The summed E-state index contributed by atoms with van der Waals surface area (Å²) < 4.78 is 29.6. The number of aliphatic hydroxyl groups is 1. The molecule has 0 amide bonds. The topological polar surface area (TPSA) is 152 Å². The second-order valence-electron chi connectivity index (χ2n) is 6.20. The van der Waals surface area contributed by atoms with E-state index in [0.717, 1.165) is 0 Å². The van der Waals surface area contributed by atoms with Crippen molar-refractivity contribution in [2.24, 2.45) is 11.4 Å². The van der Waals surface area contributed by atoms with Crippen LogP contribution in [0.1, 0.15) is 13.2 Å². The summed E-state index contributed by atoms with van der Waals surface area (Å²) in [5.74, 6) is -0.0691. The van der Waals surface area contributed by atoms with Crippen LogP contribution in [0.3, 0.4) is 0 Å². The van der Waals surface area contributed by atoms with Crippen molar-refractivity contribution in [3.8, 4) is 5.75 Å². The summed E-state index contributed by atoms with van der Waals surface area (Å²) in [5.41, 5.74) is 10.5. The van der Waals surface area contributed by atoms with Gasteiger partial charge in [-0.05, 0) is 18.2 Å². The molecular formula is C16H21N4O6P. The highest BCUT2D eigenvalue weighted by Crippen LogP contribution is 2.42. The summed E-state index contributed by atoms with van der Waals surface area (Å²) in [6.07, 6.45) is -1.17. The predicted molar refractivity (Wildman–Crippen MR) is 96.8 cm³/mol. The van der Waals surface area contributed by atoms with Gasteiger partial charge in [-0.2, -0.15) is 4.98 Å². The smallest absolute Gasteiger partial charge is 0.413 e. The van der Waals surface area contributed by atoms with Crippen LogP contribution in [0.4, 0.5) is 5.82 Å². The molecule has 0 bridgehead atoms. The van der Waals surface area contributed by atoms with Crippen LogP contribution in [0.2, 0.25) is 0 Å². The Morgan fingerprint density at radius 3 is 2.70 bits per heavy atom. The zero-order valence-electron chi connectivity index (χ0n) is 14.5. The SMILES string of the molecule is C[C@@H]1C(n2ccc(N)nc2=O)OC(COP(N)(=O)Oc2ccccc2)[C@H]1O. The first kappa shape index (κ1) is 19.5. The average Bonchev–Trinajstić information content (AvgIpc) is 2.89. The molecule has 11 heteroatoms. The number of anilines is 1. The lowest BCUT2D eigenvalue weighted by molar-refractivity contribution is -0.0440. The molecule has 10 nitrogen and oxygen atoms in total. The number of aliphatic hydroxyl groups excluding tert-OH is 1. The van der Waals surface area contributed by atoms with Gasteiger partial charge in [-0.1, -0.05) is 25.1 Å². The van der Waals surface area contributed by atoms with Gasteiger partial charge in [0, 0.05) is 12.1 Å². The molecule has 0 aliphatic carbocycles. The van der Waals surface area contributed by atoms with Crippen molar-refractivity contribution in [3.05, 3.63) is 53.1 Å². The first-order valence-electron chi connectivity index (χ1n) is 8.23. The van der Waals surface area contributed by atoms with E-state index in [2.05, 4.69) is 4.98 Å². The van der Waals surface area contributed by atoms with Crippen LogP contribution in [0.5, 0.6) is 5.75 Å². The van der Waals surface area contributed by atoms with Crippen LogP contribution in [0.15, 0.2) is 47.4 Å². The van der Waals surface area contributed by atoms with Crippen molar-refractivity contribution in [3.63, 3.8) is 0 Å². The van der Waals surface area contributed by atoms with Crippen molar-refractivity contribution in [2.45, 2.75) is 25.4 Å². The van der Waals surface area contributed by atoms with E-state index in [1.165, 1.54) is 16.8 Å². The van der Waals surface area contributed by atoms with Crippen molar-refractivity contribution < 1.29 is 23.5 Å². The zero-order valence-corrected chi connectivity index (χ0v) is 15.4. The van der Waals surface area contributed by atoms with Crippen LogP contribution in [-0.4, -0.2) is 33.5 Å². The summed E-state index contributed by atoms with van der Waals surface area (Å²) in [5, 5.41) is 10.4. The number of nitrogens with two attached hydrogens (primary N) is 2. The monoisotopic (exact) mass is 396 g/mol. The summed E-state index contributed by atoms with van der Waals surface area (Å²) in [7, 11) is -3.91. The van der Waals surface area contributed by atoms with Crippen LogP contribution >= 0.6 is 7.75 Å². The highest BCUT2D eigenvalue weighted by molar-refractivity contribution is 7.51. The fourth-order valence-electron chi connectivity index (χ4n) is 2.80. The number of benzene rings is 1. The van der Waals surface area contributed by atoms with Crippen LogP contribution in [-0.2, 0) is 13.8 Å². The van der Waals surface area contributed by atoms with Gasteiger partial charge in [0.05, 0.1) is 12.7 Å². The lowest BCUT2D eigenvalue weighted by atomic mass is 10.0. The molecule has 1 aromatic heterocycles. The van der Waals surface area contributed by atoms with Gasteiger partial charge in [-0.15, -0.1) is 0 Å². The maximum Gasteiger partial charge on any atom is 0.456 e. The Balaban J connectivity index is 1.65. The zero-order chi connectivity index (χ0) is 19.6. The van der Waals surface area contributed by atoms with E-state index >= 15 is 0 Å². The molecule has 0 radical (unpaired) electrons. The van der Waals surface area contributed by atoms with Crippen LogP contribution in [0, 0.1) is 5.92 Å². The Morgan fingerprint density at radius 2 is 2.04 bits per heavy atom. The van der Waals surface area contributed by atoms with Gasteiger partial charge < -0.3 is 20.1 Å². The Labute approximate surface area is 155 Å². The summed E-state index contributed by atoms with van der Waals surface area (Å²) in [6, 6.07) is 9.79. The van der Waals surface area contributed by atoms with E-state index in [4.69, 9.17) is 25.0 Å². The molecule has 2 aromatic rings. The number of nitrogen functional groups attached to an aromatic ring is 1. The Hall–Kier alpha value is -2.23. The molecule has 146 valence electrons. The lowest BCUT2D eigenvalue weighted by Gasteiger charge is -2.19.